The van der Waals surface area contributed by atoms with Crippen molar-refractivity contribution < 1.29 is 4.79 Å². The molecule has 3 aromatic carbocycles. The Balaban J connectivity index is 1.76. The van der Waals surface area contributed by atoms with Gasteiger partial charge in [0, 0.05) is 17.3 Å². The summed E-state index contributed by atoms with van der Waals surface area (Å²) < 4.78 is 0. The molecular weight excluding hydrogens is 296 g/mol. The van der Waals surface area contributed by atoms with E-state index < -0.39 is 0 Å². The van der Waals surface area contributed by atoms with Gasteiger partial charge in [0.15, 0.2) is 0 Å². The van der Waals surface area contributed by atoms with Gasteiger partial charge in [-0.15, -0.1) is 0 Å². The summed E-state index contributed by atoms with van der Waals surface area (Å²) in [4.78, 5) is 12.5. The zero-order valence-corrected chi connectivity index (χ0v) is 14.0. The Labute approximate surface area is 142 Å². The Morgan fingerprint density at radius 3 is 2.67 bits per heavy atom. The number of carbonyl (C=O) groups excluding carboxylic acids is 1. The highest BCUT2D eigenvalue weighted by atomic mass is 16.1. The SMILES string of the molecule is Cc1ccc(N)cc1C(=O)NC(C)Cc1cccc2ccccc12. The average Bonchev–Trinajstić information content (AvgIpc) is 2.57. The van der Waals surface area contributed by atoms with Crippen LogP contribution in [-0.4, -0.2) is 11.9 Å². The van der Waals surface area contributed by atoms with Gasteiger partial charge in [0.25, 0.3) is 5.91 Å². The standard InChI is InChI=1S/C21H22N2O/c1-14-10-11-18(22)13-20(14)21(24)23-15(2)12-17-8-5-7-16-6-3-4-9-19(16)17/h3-11,13,15H,12,22H2,1-2H3,(H,23,24). The summed E-state index contributed by atoms with van der Waals surface area (Å²) in [6.45, 7) is 3.95. The lowest BCUT2D eigenvalue weighted by molar-refractivity contribution is 0.0939. The van der Waals surface area contributed by atoms with Crippen molar-refractivity contribution in [1.82, 2.24) is 5.32 Å². The van der Waals surface area contributed by atoms with Crippen LogP contribution in [0.15, 0.2) is 60.7 Å². The number of anilines is 1. The first-order chi connectivity index (χ1) is 11.5. The number of nitrogens with one attached hydrogen (secondary N) is 1. The summed E-state index contributed by atoms with van der Waals surface area (Å²) in [6, 6.07) is 20.1. The molecule has 0 aliphatic heterocycles. The predicted octanol–water partition coefficient (Wildman–Crippen LogP) is 4.09. The Hall–Kier alpha value is -2.81. The van der Waals surface area contributed by atoms with E-state index in [0.717, 1.165) is 12.0 Å². The highest BCUT2D eigenvalue weighted by Crippen LogP contribution is 2.20. The summed E-state index contributed by atoms with van der Waals surface area (Å²) in [5.41, 5.74) is 9.22. The molecule has 3 nitrogen and oxygen atoms in total. The van der Waals surface area contributed by atoms with Crippen molar-refractivity contribution in [2.75, 3.05) is 5.73 Å². The van der Waals surface area contributed by atoms with Gasteiger partial charge in [-0.25, -0.2) is 0 Å². The molecule has 0 saturated carbocycles. The molecule has 1 unspecified atom stereocenters. The van der Waals surface area contributed by atoms with Crippen molar-refractivity contribution in [2.24, 2.45) is 0 Å². The monoisotopic (exact) mass is 318 g/mol. The molecular formula is C21H22N2O. The van der Waals surface area contributed by atoms with Crippen LogP contribution in [0.25, 0.3) is 10.8 Å². The summed E-state index contributed by atoms with van der Waals surface area (Å²) in [5.74, 6) is -0.0764. The first kappa shape index (κ1) is 16.1. The van der Waals surface area contributed by atoms with Gasteiger partial charge in [-0.1, -0.05) is 48.5 Å². The largest absolute Gasteiger partial charge is 0.399 e. The van der Waals surface area contributed by atoms with E-state index in [1.165, 1.54) is 16.3 Å². The molecule has 122 valence electrons. The van der Waals surface area contributed by atoms with Crippen molar-refractivity contribution in [3.05, 3.63) is 77.4 Å². The smallest absolute Gasteiger partial charge is 0.251 e. The van der Waals surface area contributed by atoms with Gasteiger partial charge in [0.1, 0.15) is 0 Å². The molecule has 1 amide bonds. The minimum atomic E-state index is -0.0764. The van der Waals surface area contributed by atoms with Crippen LogP contribution in [0.4, 0.5) is 5.69 Å². The maximum Gasteiger partial charge on any atom is 0.251 e. The number of nitrogens with two attached hydrogens (primary N) is 1. The van der Waals surface area contributed by atoms with E-state index in [4.69, 9.17) is 5.73 Å². The van der Waals surface area contributed by atoms with Gasteiger partial charge < -0.3 is 11.1 Å². The van der Waals surface area contributed by atoms with E-state index in [2.05, 4.69) is 35.6 Å². The lowest BCUT2D eigenvalue weighted by atomic mass is 9.99. The second-order valence-electron chi connectivity index (χ2n) is 6.29. The predicted molar refractivity (Wildman–Crippen MR) is 100 cm³/mol. The molecule has 0 aliphatic carbocycles. The maximum atomic E-state index is 12.5. The van der Waals surface area contributed by atoms with Crippen LogP contribution in [-0.2, 0) is 6.42 Å². The van der Waals surface area contributed by atoms with Crippen LogP contribution in [0.2, 0.25) is 0 Å². The molecule has 0 aliphatic rings. The molecule has 0 spiro atoms. The Bertz CT molecular complexity index is 881. The van der Waals surface area contributed by atoms with Crippen LogP contribution in [0.5, 0.6) is 0 Å². The topological polar surface area (TPSA) is 55.1 Å². The van der Waals surface area contributed by atoms with Crippen LogP contribution in [0, 0.1) is 6.92 Å². The summed E-state index contributed by atoms with van der Waals surface area (Å²) >= 11 is 0. The fourth-order valence-electron chi connectivity index (χ4n) is 3.04. The molecule has 0 heterocycles. The normalized spacial score (nSPS) is 12.1. The molecule has 0 fully saturated rings. The Morgan fingerprint density at radius 1 is 1.08 bits per heavy atom. The summed E-state index contributed by atoms with van der Waals surface area (Å²) in [5, 5.41) is 5.54. The maximum absolute atomic E-state index is 12.5. The first-order valence-electron chi connectivity index (χ1n) is 8.18. The Morgan fingerprint density at radius 2 is 1.83 bits per heavy atom. The number of carbonyl (C=O) groups is 1. The lowest BCUT2D eigenvalue weighted by Gasteiger charge is -2.16. The third-order valence-electron chi connectivity index (χ3n) is 4.29. The van der Waals surface area contributed by atoms with E-state index in [0.29, 0.717) is 11.3 Å². The quantitative estimate of drug-likeness (QED) is 0.712. The number of hydrogen-bond donors (Lipinski definition) is 2. The minimum Gasteiger partial charge on any atom is -0.399 e. The lowest BCUT2D eigenvalue weighted by Crippen LogP contribution is -2.34. The van der Waals surface area contributed by atoms with Gasteiger partial charge in [0.05, 0.1) is 0 Å². The van der Waals surface area contributed by atoms with Crippen LogP contribution in [0.3, 0.4) is 0 Å². The Kier molecular flexibility index (Phi) is 4.52. The fourth-order valence-corrected chi connectivity index (χ4v) is 3.04. The molecule has 24 heavy (non-hydrogen) atoms. The van der Waals surface area contributed by atoms with Crippen LogP contribution >= 0.6 is 0 Å². The van der Waals surface area contributed by atoms with E-state index in [1.54, 1.807) is 6.07 Å². The van der Waals surface area contributed by atoms with Crippen molar-refractivity contribution in [2.45, 2.75) is 26.3 Å². The number of amides is 1. The molecule has 3 aromatic rings. The summed E-state index contributed by atoms with van der Waals surface area (Å²) in [7, 11) is 0. The zero-order chi connectivity index (χ0) is 17.1. The number of benzene rings is 3. The number of aryl methyl sites for hydroxylation is 1. The second kappa shape index (κ2) is 6.75. The molecule has 3 N–H and O–H groups in total. The molecule has 1 atom stereocenters. The first-order valence-corrected chi connectivity index (χ1v) is 8.18. The fraction of sp³-hybridized carbons (Fsp3) is 0.190. The third kappa shape index (κ3) is 3.40. The second-order valence-corrected chi connectivity index (χ2v) is 6.29. The number of rotatable bonds is 4. The van der Waals surface area contributed by atoms with E-state index >= 15 is 0 Å². The average molecular weight is 318 g/mol. The van der Waals surface area contributed by atoms with Gasteiger partial charge in [-0.2, -0.15) is 0 Å². The van der Waals surface area contributed by atoms with Crippen LogP contribution < -0.4 is 11.1 Å². The van der Waals surface area contributed by atoms with E-state index in [1.807, 2.05) is 38.1 Å². The molecule has 0 aromatic heterocycles. The van der Waals surface area contributed by atoms with Gasteiger partial charge >= 0.3 is 0 Å². The van der Waals surface area contributed by atoms with Crippen molar-refractivity contribution in [3.63, 3.8) is 0 Å². The number of nitrogen functional groups attached to an aromatic ring is 1. The van der Waals surface area contributed by atoms with Gasteiger partial charge in [-0.3, -0.25) is 4.79 Å². The third-order valence-corrected chi connectivity index (χ3v) is 4.29. The highest BCUT2D eigenvalue weighted by molar-refractivity contribution is 5.96. The van der Waals surface area contributed by atoms with Crippen molar-refractivity contribution >= 4 is 22.4 Å². The van der Waals surface area contributed by atoms with E-state index in [-0.39, 0.29) is 11.9 Å². The molecule has 0 radical (unpaired) electrons. The summed E-state index contributed by atoms with van der Waals surface area (Å²) in [6.07, 6.45) is 0.786. The van der Waals surface area contributed by atoms with Gasteiger partial charge in [-0.05, 0) is 54.3 Å². The van der Waals surface area contributed by atoms with Gasteiger partial charge in [0.2, 0.25) is 0 Å². The molecule has 0 bridgehead atoms. The minimum absolute atomic E-state index is 0.0316. The van der Waals surface area contributed by atoms with Crippen LogP contribution in [0.1, 0.15) is 28.4 Å². The zero-order valence-electron chi connectivity index (χ0n) is 14.0. The number of hydrogen-bond acceptors (Lipinski definition) is 2. The molecule has 3 rings (SSSR count). The highest BCUT2D eigenvalue weighted by Gasteiger charge is 2.13. The molecule has 0 saturated heterocycles. The van der Waals surface area contributed by atoms with Crippen molar-refractivity contribution in [1.29, 1.82) is 0 Å². The van der Waals surface area contributed by atoms with Crippen molar-refractivity contribution in [3.8, 4) is 0 Å². The van der Waals surface area contributed by atoms with E-state index in [9.17, 15) is 4.79 Å². The molecule has 3 heteroatoms. The number of fused-ring (bicyclic) bond motifs is 1.